The van der Waals surface area contributed by atoms with E-state index < -0.39 is 6.29 Å². The highest BCUT2D eigenvalue weighted by atomic mass is 19.3. The quantitative estimate of drug-likeness (QED) is 0.560. The summed E-state index contributed by atoms with van der Waals surface area (Å²) in [5.41, 5.74) is 4.38. The van der Waals surface area contributed by atoms with Crippen molar-refractivity contribution >= 4 is 23.4 Å². The van der Waals surface area contributed by atoms with Gasteiger partial charge in [-0.3, -0.25) is 9.69 Å². The van der Waals surface area contributed by atoms with Crippen LogP contribution in [0.4, 0.5) is 14.6 Å². The van der Waals surface area contributed by atoms with Gasteiger partial charge in [0.15, 0.2) is 11.5 Å². The normalized spacial score (nSPS) is 24.8. The summed E-state index contributed by atoms with van der Waals surface area (Å²) in [7, 11) is 0. The van der Waals surface area contributed by atoms with Crippen LogP contribution in [0.5, 0.6) is 0 Å². The van der Waals surface area contributed by atoms with E-state index in [1.807, 2.05) is 29.2 Å². The molecule has 1 fully saturated rings. The Balaban J connectivity index is 1.19. The zero-order valence-corrected chi connectivity index (χ0v) is 20.4. The van der Waals surface area contributed by atoms with Crippen LogP contribution in [0.25, 0.3) is 11.6 Å². The first-order valence-corrected chi connectivity index (χ1v) is 12.8. The molecule has 3 N–H and O–H groups in total. The van der Waals surface area contributed by atoms with Crippen molar-refractivity contribution in [2.45, 2.75) is 25.6 Å². The zero-order valence-electron chi connectivity index (χ0n) is 20.4. The van der Waals surface area contributed by atoms with Gasteiger partial charge in [-0.2, -0.15) is 0 Å². The Morgan fingerprint density at radius 2 is 2.03 bits per heavy atom. The Labute approximate surface area is 213 Å². The maximum Gasteiger partial charge on any atom is 0.585 e. The van der Waals surface area contributed by atoms with Gasteiger partial charge in [-0.05, 0) is 30.1 Å². The maximum absolute atomic E-state index is 13.8. The number of hydrogen-bond acceptors (Lipinski definition) is 6. The van der Waals surface area contributed by atoms with Crippen molar-refractivity contribution in [3.63, 3.8) is 0 Å². The number of piperazine rings is 1. The molecule has 8 nitrogen and oxygen atoms in total. The number of rotatable bonds is 5. The smallest absolute Gasteiger partial charge is 0.400 e. The fourth-order valence-corrected chi connectivity index (χ4v) is 5.65. The molecule has 4 heterocycles. The van der Waals surface area contributed by atoms with Crippen molar-refractivity contribution in [3.05, 3.63) is 64.3 Å². The molecule has 3 aliphatic heterocycles. The number of aliphatic hydroxyl groups is 1. The SMILES string of the molecule is O=C(C1C=CC=C(C2=Cc3c(C4=CCCC5=C4OC(F)(F)O5)c[nH]c3NC2)C1)N1CCN(CCO)CC1. The monoisotopic (exact) mass is 512 g/mol. The molecule has 1 atom stereocenters. The molecule has 10 heteroatoms. The molecule has 1 unspecified atom stereocenters. The first-order chi connectivity index (χ1) is 17.9. The highest BCUT2D eigenvalue weighted by molar-refractivity contribution is 5.89. The zero-order chi connectivity index (χ0) is 25.6. The largest absolute Gasteiger partial charge is 0.585 e. The van der Waals surface area contributed by atoms with Crippen LogP contribution in [0.15, 0.2) is 53.2 Å². The van der Waals surface area contributed by atoms with E-state index in [1.165, 1.54) is 0 Å². The lowest BCUT2D eigenvalue weighted by molar-refractivity contribution is -0.336. The Bertz CT molecular complexity index is 1250. The van der Waals surface area contributed by atoms with Crippen molar-refractivity contribution in [1.29, 1.82) is 0 Å². The second-order valence-corrected chi connectivity index (χ2v) is 9.87. The summed E-state index contributed by atoms with van der Waals surface area (Å²) >= 11 is 0. The first kappa shape index (κ1) is 24.0. The van der Waals surface area contributed by atoms with Crippen LogP contribution in [0.3, 0.4) is 0 Å². The molecule has 196 valence electrons. The van der Waals surface area contributed by atoms with E-state index in [4.69, 9.17) is 14.6 Å². The molecular weight excluding hydrogens is 482 g/mol. The third-order valence-corrected chi connectivity index (χ3v) is 7.58. The van der Waals surface area contributed by atoms with E-state index in [0.717, 1.165) is 41.2 Å². The molecule has 1 aromatic heterocycles. The molecule has 1 aromatic rings. The molecule has 0 saturated carbocycles. The number of alkyl halides is 2. The Kier molecular flexibility index (Phi) is 6.16. The van der Waals surface area contributed by atoms with E-state index in [0.29, 0.717) is 51.0 Å². The molecular formula is C27H30F2N4O4. The van der Waals surface area contributed by atoms with E-state index in [-0.39, 0.29) is 30.0 Å². The molecule has 0 aromatic carbocycles. The number of aliphatic hydroxyl groups excluding tert-OH is 1. The number of anilines is 1. The minimum atomic E-state index is -3.64. The number of H-pyrrole nitrogens is 1. The van der Waals surface area contributed by atoms with Gasteiger partial charge in [0.2, 0.25) is 5.91 Å². The fraction of sp³-hybridized carbons (Fsp3) is 0.444. The molecule has 1 amide bonds. The second-order valence-electron chi connectivity index (χ2n) is 9.87. The molecule has 0 spiro atoms. The first-order valence-electron chi connectivity index (χ1n) is 12.8. The maximum atomic E-state index is 13.8. The number of β-amino-alcohol motifs (C(OH)–C–C–N with tert-alkyl or cyclic N) is 1. The number of nitrogens with one attached hydrogen (secondary N) is 2. The number of carbonyl (C=O) groups is 1. The summed E-state index contributed by atoms with van der Waals surface area (Å²) in [6.45, 7) is 4.24. The minimum absolute atomic E-state index is 0.100. The Hall–Kier alpha value is -3.37. The van der Waals surface area contributed by atoms with Crippen LogP contribution in [-0.2, 0) is 14.3 Å². The lowest BCUT2D eigenvalue weighted by Crippen LogP contribution is -2.50. The minimum Gasteiger partial charge on any atom is -0.400 e. The number of halogens is 2. The van der Waals surface area contributed by atoms with Gasteiger partial charge >= 0.3 is 6.29 Å². The van der Waals surface area contributed by atoms with E-state index in [9.17, 15) is 13.6 Å². The van der Waals surface area contributed by atoms with E-state index in [1.54, 1.807) is 6.20 Å². The lowest BCUT2D eigenvalue weighted by atomic mass is 9.86. The van der Waals surface area contributed by atoms with Crippen LogP contribution in [0.2, 0.25) is 0 Å². The van der Waals surface area contributed by atoms with Gasteiger partial charge in [-0.1, -0.05) is 24.3 Å². The van der Waals surface area contributed by atoms with Crippen LogP contribution in [-0.4, -0.2) is 78.0 Å². The molecule has 6 rings (SSSR count). The number of nitrogens with zero attached hydrogens (tertiary/aromatic N) is 2. The van der Waals surface area contributed by atoms with Crippen LogP contribution >= 0.6 is 0 Å². The van der Waals surface area contributed by atoms with Crippen molar-refractivity contribution in [3.8, 4) is 0 Å². The van der Waals surface area contributed by atoms with Gasteiger partial charge < -0.3 is 29.8 Å². The summed E-state index contributed by atoms with van der Waals surface area (Å²) in [5.74, 6) is 1.01. The predicted octanol–water partition coefficient (Wildman–Crippen LogP) is 3.45. The van der Waals surface area contributed by atoms with Gasteiger partial charge in [0.05, 0.1) is 12.5 Å². The predicted molar refractivity (Wildman–Crippen MR) is 134 cm³/mol. The van der Waals surface area contributed by atoms with Gasteiger partial charge in [0, 0.05) is 68.6 Å². The van der Waals surface area contributed by atoms with Crippen molar-refractivity contribution < 1.29 is 28.2 Å². The average Bonchev–Trinajstić information content (AvgIpc) is 3.47. The summed E-state index contributed by atoms with van der Waals surface area (Å²) < 4.78 is 37.2. The Morgan fingerprint density at radius 3 is 2.84 bits per heavy atom. The molecule has 0 bridgehead atoms. The fourth-order valence-electron chi connectivity index (χ4n) is 5.65. The van der Waals surface area contributed by atoms with Gasteiger partial charge in [0.1, 0.15) is 5.82 Å². The number of allylic oxidation sites excluding steroid dienone is 5. The molecule has 2 aliphatic carbocycles. The van der Waals surface area contributed by atoms with Crippen molar-refractivity contribution in [2.24, 2.45) is 5.92 Å². The molecule has 5 aliphatic rings. The summed E-state index contributed by atoms with van der Waals surface area (Å²) in [6, 6.07) is 0. The van der Waals surface area contributed by atoms with Crippen LogP contribution in [0, 0.1) is 5.92 Å². The van der Waals surface area contributed by atoms with Gasteiger partial charge in [0.25, 0.3) is 0 Å². The van der Waals surface area contributed by atoms with Gasteiger partial charge in [-0.25, -0.2) is 0 Å². The number of aromatic nitrogens is 1. The number of hydrogen-bond donors (Lipinski definition) is 3. The van der Waals surface area contributed by atoms with Gasteiger partial charge in [-0.15, -0.1) is 8.78 Å². The molecule has 0 radical (unpaired) electrons. The third-order valence-electron chi connectivity index (χ3n) is 7.58. The Morgan fingerprint density at radius 1 is 1.19 bits per heavy atom. The van der Waals surface area contributed by atoms with Crippen molar-refractivity contribution in [2.75, 3.05) is 51.2 Å². The summed E-state index contributed by atoms with van der Waals surface area (Å²) in [6.07, 6.45) is 9.68. The standard InChI is InChI=1S/C27H30F2N4O4/c28-27(29)36-23-6-2-5-20(24(23)37-27)22-16-31-25-21(22)14-19(15-30-25)17-3-1-4-18(13-17)26(35)33-9-7-32(8-10-33)11-12-34/h1,3-5,14,16,18,30-31,34H,2,6-13,15H2. The van der Waals surface area contributed by atoms with Crippen molar-refractivity contribution in [1.82, 2.24) is 14.8 Å². The number of amides is 1. The summed E-state index contributed by atoms with van der Waals surface area (Å²) in [5, 5.41) is 12.5. The average molecular weight is 513 g/mol. The van der Waals surface area contributed by atoms with E-state index in [2.05, 4.69) is 21.3 Å². The number of aromatic amines is 1. The number of carbonyl (C=O) groups excluding carboxylic acids is 1. The van der Waals surface area contributed by atoms with Crippen LogP contribution < -0.4 is 5.32 Å². The highest BCUT2D eigenvalue weighted by Gasteiger charge is 2.47. The number of ether oxygens (including phenoxy) is 2. The van der Waals surface area contributed by atoms with E-state index >= 15 is 0 Å². The highest BCUT2D eigenvalue weighted by Crippen LogP contribution is 2.46. The lowest BCUT2D eigenvalue weighted by Gasteiger charge is -2.36. The summed E-state index contributed by atoms with van der Waals surface area (Å²) in [4.78, 5) is 20.6. The number of fused-ring (bicyclic) bond motifs is 1. The second kappa shape index (κ2) is 9.50. The molecule has 1 saturated heterocycles. The molecule has 37 heavy (non-hydrogen) atoms. The van der Waals surface area contributed by atoms with Crippen LogP contribution in [0.1, 0.15) is 30.4 Å². The topological polar surface area (TPSA) is 90.1 Å². The third kappa shape index (κ3) is 4.59.